The van der Waals surface area contributed by atoms with Gasteiger partial charge in [0.2, 0.25) is 5.95 Å². The van der Waals surface area contributed by atoms with Crippen molar-refractivity contribution in [3.8, 4) is 22.8 Å². The average molecular weight is 281 g/mol. The predicted molar refractivity (Wildman–Crippen MR) is 78.4 cm³/mol. The molecule has 3 rings (SSSR count). The lowest BCUT2D eigenvalue weighted by Crippen LogP contribution is -1.96. The molecule has 0 radical (unpaired) electrons. The van der Waals surface area contributed by atoms with Crippen LogP contribution in [0.5, 0.6) is 11.5 Å². The molecule has 0 fully saturated rings. The number of aromatic nitrogens is 2. The highest BCUT2D eigenvalue weighted by Crippen LogP contribution is 2.28. The van der Waals surface area contributed by atoms with E-state index in [1.54, 1.807) is 30.3 Å². The highest BCUT2D eigenvalue weighted by Gasteiger charge is 2.08. The molecule has 0 saturated carbocycles. The second-order valence-electron chi connectivity index (χ2n) is 4.36. The molecule has 2 aromatic carbocycles. The van der Waals surface area contributed by atoms with Gasteiger partial charge in [0.05, 0.1) is 5.69 Å². The molecule has 0 unspecified atom stereocenters. The van der Waals surface area contributed by atoms with Crippen LogP contribution in [-0.4, -0.2) is 9.97 Å². The summed E-state index contributed by atoms with van der Waals surface area (Å²) in [6.45, 7) is 0. The molecule has 21 heavy (non-hydrogen) atoms. The van der Waals surface area contributed by atoms with Crippen LogP contribution in [0.2, 0.25) is 0 Å². The van der Waals surface area contributed by atoms with Gasteiger partial charge >= 0.3 is 0 Å². The molecule has 0 aliphatic rings. The van der Waals surface area contributed by atoms with Gasteiger partial charge in [-0.25, -0.2) is 14.4 Å². The fourth-order valence-corrected chi connectivity index (χ4v) is 1.89. The van der Waals surface area contributed by atoms with E-state index >= 15 is 0 Å². The first-order valence-electron chi connectivity index (χ1n) is 6.34. The fourth-order valence-electron chi connectivity index (χ4n) is 1.89. The lowest BCUT2D eigenvalue weighted by molar-refractivity contribution is 0.442. The van der Waals surface area contributed by atoms with Crippen molar-refractivity contribution in [3.05, 3.63) is 66.6 Å². The van der Waals surface area contributed by atoms with Gasteiger partial charge in [-0.1, -0.05) is 18.2 Å². The number of hydrogen-bond acceptors (Lipinski definition) is 4. The van der Waals surface area contributed by atoms with E-state index in [-0.39, 0.29) is 11.7 Å². The monoisotopic (exact) mass is 281 g/mol. The van der Waals surface area contributed by atoms with Gasteiger partial charge in [-0.15, -0.1) is 0 Å². The van der Waals surface area contributed by atoms with Gasteiger partial charge in [0, 0.05) is 11.8 Å². The van der Waals surface area contributed by atoms with Crippen LogP contribution in [0.15, 0.2) is 60.8 Å². The lowest BCUT2D eigenvalue weighted by atomic mass is 10.1. The van der Waals surface area contributed by atoms with Gasteiger partial charge in [0.1, 0.15) is 5.75 Å². The Balaban J connectivity index is 1.90. The molecule has 5 heteroatoms. The van der Waals surface area contributed by atoms with Crippen molar-refractivity contribution in [3.63, 3.8) is 0 Å². The number of nitrogen functional groups attached to an aromatic ring is 1. The van der Waals surface area contributed by atoms with E-state index in [2.05, 4.69) is 9.97 Å². The minimum Gasteiger partial charge on any atom is -0.454 e. The number of rotatable bonds is 3. The standard InChI is InChI=1S/C16H12FN3O/c17-13-10-11(14-8-9-19-16(18)20-14)6-7-15(13)21-12-4-2-1-3-5-12/h1-10H,(H2,18,19,20). The normalized spacial score (nSPS) is 10.3. The Bertz CT molecular complexity index is 762. The zero-order valence-corrected chi connectivity index (χ0v) is 11.0. The highest BCUT2D eigenvalue weighted by molar-refractivity contribution is 5.61. The minimum atomic E-state index is -0.464. The summed E-state index contributed by atoms with van der Waals surface area (Å²) in [5, 5.41) is 0. The van der Waals surface area contributed by atoms with Crippen molar-refractivity contribution in [1.82, 2.24) is 9.97 Å². The number of nitrogens with zero attached hydrogens (tertiary/aromatic N) is 2. The van der Waals surface area contributed by atoms with Crippen LogP contribution in [0, 0.1) is 5.82 Å². The zero-order chi connectivity index (χ0) is 14.7. The van der Waals surface area contributed by atoms with Crippen molar-refractivity contribution in [2.45, 2.75) is 0 Å². The Morgan fingerprint density at radius 1 is 1.00 bits per heavy atom. The van der Waals surface area contributed by atoms with Gasteiger partial charge in [0.15, 0.2) is 11.6 Å². The van der Waals surface area contributed by atoms with Crippen molar-refractivity contribution >= 4 is 5.95 Å². The molecule has 0 saturated heterocycles. The first-order valence-corrected chi connectivity index (χ1v) is 6.34. The number of hydrogen-bond donors (Lipinski definition) is 1. The van der Waals surface area contributed by atoms with Gasteiger partial charge in [-0.3, -0.25) is 0 Å². The van der Waals surface area contributed by atoms with Crippen molar-refractivity contribution in [2.24, 2.45) is 0 Å². The van der Waals surface area contributed by atoms with Crippen LogP contribution in [0.1, 0.15) is 0 Å². The Labute approximate surface area is 121 Å². The smallest absolute Gasteiger partial charge is 0.220 e. The summed E-state index contributed by atoms with van der Waals surface area (Å²) >= 11 is 0. The maximum Gasteiger partial charge on any atom is 0.220 e. The van der Waals surface area contributed by atoms with Crippen molar-refractivity contribution in [2.75, 3.05) is 5.73 Å². The maximum absolute atomic E-state index is 14.1. The van der Waals surface area contributed by atoms with E-state index in [0.29, 0.717) is 17.0 Å². The molecular weight excluding hydrogens is 269 g/mol. The highest BCUT2D eigenvalue weighted by atomic mass is 19.1. The van der Waals surface area contributed by atoms with E-state index in [9.17, 15) is 4.39 Å². The summed E-state index contributed by atoms with van der Waals surface area (Å²) in [5.41, 5.74) is 6.70. The number of nitrogens with two attached hydrogens (primary N) is 1. The lowest BCUT2D eigenvalue weighted by Gasteiger charge is -2.08. The van der Waals surface area contributed by atoms with Crippen LogP contribution in [0.3, 0.4) is 0 Å². The Morgan fingerprint density at radius 3 is 2.52 bits per heavy atom. The average Bonchev–Trinajstić information content (AvgIpc) is 2.50. The first-order chi connectivity index (χ1) is 10.2. The number of ether oxygens (including phenoxy) is 1. The van der Waals surface area contributed by atoms with Gasteiger partial charge in [-0.2, -0.15) is 0 Å². The van der Waals surface area contributed by atoms with Crippen LogP contribution < -0.4 is 10.5 Å². The molecule has 0 atom stereocenters. The second kappa shape index (κ2) is 5.58. The van der Waals surface area contributed by atoms with Gasteiger partial charge in [-0.05, 0) is 36.4 Å². The zero-order valence-electron chi connectivity index (χ0n) is 11.0. The number of anilines is 1. The summed E-state index contributed by atoms with van der Waals surface area (Å²) in [7, 11) is 0. The topological polar surface area (TPSA) is 61.0 Å². The summed E-state index contributed by atoms with van der Waals surface area (Å²) in [5.74, 6) is 0.425. The third-order valence-electron chi connectivity index (χ3n) is 2.87. The summed E-state index contributed by atoms with van der Waals surface area (Å²) in [6, 6.07) is 15.4. The Kier molecular flexibility index (Phi) is 3.47. The quantitative estimate of drug-likeness (QED) is 0.796. The summed E-state index contributed by atoms with van der Waals surface area (Å²) < 4.78 is 19.6. The fraction of sp³-hybridized carbons (Fsp3) is 0. The van der Waals surface area contributed by atoms with E-state index in [0.717, 1.165) is 0 Å². The molecular formula is C16H12FN3O. The minimum absolute atomic E-state index is 0.150. The first kappa shape index (κ1) is 13.1. The van der Waals surface area contributed by atoms with E-state index in [1.807, 2.05) is 18.2 Å². The van der Waals surface area contributed by atoms with Crippen LogP contribution in [0.4, 0.5) is 10.3 Å². The SMILES string of the molecule is Nc1nccc(-c2ccc(Oc3ccccc3)c(F)c2)n1. The van der Waals surface area contributed by atoms with Crippen molar-refractivity contribution < 1.29 is 9.13 Å². The third-order valence-corrected chi connectivity index (χ3v) is 2.87. The van der Waals surface area contributed by atoms with Crippen LogP contribution in [-0.2, 0) is 0 Å². The van der Waals surface area contributed by atoms with Crippen LogP contribution >= 0.6 is 0 Å². The van der Waals surface area contributed by atoms with E-state index in [1.165, 1.54) is 12.3 Å². The molecule has 2 N–H and O–H groups in total. The molecule has 0 bridgehead atoms. The van der Waals surface area contributed by atoms with E-state index in [4.69, 9.17) is 10.5 Å². The predicted octanol–water partition coefficient (Wildman–Crippen LogP) is 3.66. The molecule has 4 nitrogen and oxygen atoms in total. The van der Waals surface area contributed by atoms with Crippen LogP contribution in [0.25, 0.3) is 11.3 Å². The molecule has 1 heterocycles. The summed E-state index contributed by atoms with van der Waals surface area (Å²) in [4.78, 5) is 7.87. The van der Waals surface area contributed by atoms with Gasteiger partial charge < -0.3 is 10.5 Å². The molecule has 104 valence electrons. The Hall–Kier alpha value is -2.95. The molecule has 0 aliphatic heterocycles. The van der Waals surface area contributed by atoms with E-state index < -0.39 is 5.82 Å². The summed E-state index contributed by atoms with van der Waals surface area (Å²) in [6.07, 6.45) is 1.53. The largest absolute Gasteiger partial charge is 0.454 e. The van der Waals surface area contributed by atoms with Crippen molar-refractivity contribution in [1.29, 1.82) is 0 Å². The molecule has 3 aromatic rings. The molecule has 0 spiro atoms. The second-order valence-corrected chi connectivity index (χ2v) is 4.36. The third kappa shape index (κ3) is 2.97. The molecule has 1 aromatic heterocycles. The Morgan fingerprint density at radius 2 is 1.81 bits per heavy atom. The number of benzene rings is 2. The number of halogens is 1. The molecule has 0 aliphatic carbocycles. The van der Waals surface area contributed by atoms with Gasteiger partial charge in [0.25, 0.3) is 0 Å². The number of para-hydroxylation sites is 1. The maximum atomic E-state index is 14.1. The molecule has 0 amide bonds.